The van der Waals surface area contributed by atoms with Crippen molar-refractivity contribution >= 4 is 17.9 Å². The summed E-state index contributed by atoms with van der Waals surface area (Å²) >= 11 is 0. The molecule has 3 amide bonds. The van der Waals surface area contributed by atoms with Gasteiger partial charge in [0.1, 0.15) is 0 Å². The van der Waals surface area contributed by atoms with E-state index in [9.17, 15) is 19.5 Å². The lowest BCUT2D eigenvalue weighted by Gasteiger charge is -2.33. The number of hydrogen-bond acceptors (Lipinski definition) is 4. The maximum atomic E-state index is 12.0. The Bertz CT molecular complexity index is 391. The quantitative estimate of drug-likeness (QED) is 0.539. The van der Waals surface area contributed by atoms with Crippen LogP contribution in [0, 0.1) is 5.92 Å². The molecule has 0 aromatic rings. The predicted molar refractivity (Wildman–Crippen MR) is 74.6 cm³/mol. The fourth-order valence-corrected chi connectivity index (χ4v) is 2.24. The number of amides is 3. The lowest BCUT2D eigenvalue weighted by atomic mass is 9.97. The van der Waals surface area contributed by atoms with E-state index in [4.69, 9.17) is 5.11 Å². The van der Waals surface area contributed by atoms with E-state index >= 15 is 0 Å². The number of carbonyl (C=O) groups excluding carboxylic acids is 2. The lowest BCUT2D eigenvalue weighted by Crippen LogP contribution is -2.54. The third-order valence-electron chi connectivity index (χ3n) is 3.57. The third kappa shape index (κ3) is 5.58. The van der Waals surface area contributed by atoms with Gasteiger partial charge in [-0.25, -0.2) is 9.59 Å². The number of carboxylic acids is 1. The van der Waals surface area contributed by atoms with Gasteiger partial charge in [-0.1, -0.05) is 0 Å². The second-order valence-corrected chi connectivity index (χ2v) is 5.37. The monoisotopic (exact) mass is 301 g/mol. The Balaban J connectivity index is 2.41. The number of aliphatic hydroxyl groups excluding tert-OH is 1. The Hall–Kier alpha value is -1.83. The van der Waals surface area contributed by atoms with Gasteiger partial charge in [-0.3, -0.25) is 4.79 Å². The second kappa shape index (κ2) is 7.82. The molecule has 0 aromatic heterocycles. The average molecular weight is 301 g/mol. The number of piperidine rings is 1. The summed E-state index contributed by atoms with van der Waals surface area (Å²) in [7, 11) is 0. The van der Waals surface area contributed by atoms with E-state index in [1.165, 1.54) is 18.7 Å². The molecule has 0 saturated carbocycles. The highest BCUT2D eigenvalue weighted by Crippen LogP contribution is 2.16. The molecule has 0 unspecified atom stereocenters. The number of likely N-dealkylation sites (tertiary alicyclic amines) is 1. The molecule has 120 valence electrons. The summed E-state index contributed by atoms with van der Waals surface area (Å²) in [6.07, 6.45) is 0.337. The second-order valence-electron chi connectivity index (χ2n) is 5.37. The first-order valence-electron chi connectivity index (χ1n) is 7.02. The largest absolute Gasteiger partial charge is 0.480 e. The highest BCUT2D eigenvalue weighted by molar-refractivity contribution is 5.83. The number of carbonyl (C=O) groups is 3. The Morgan fingerprint density at radius 2 is 1.86 bits per heavy atom. The van der Waals surface area contributed by atoms with Crippen molar-refractivity contribution in [1.29, 1.82) is 0 Å². The number of aliphatic hydroxyl groups is 1. The van der Waals surface area contributed by atoms with E-state index in [0.717, 1.165) is 12.8 Å². The van der Waals surface area contributed by atoms with Crippen LogP contribution in [0.2, 0.25) is 0 Å². The zero-order valence-electron chi connectivity index (χ0n) is 12.3. The molecule has 1 saturated heterocycles. The summed E-state index contributed by atoms with van der Waals surface area (Å²) in [6.45, 7) is 4.38. The van der Waals surface area contributed by atoms with Crippen LogP contribution in [0.5, 0.6) is 0 Å². The number of nitrogens with zero attached hydrogens (tertiary/aromatic N) is 1. The molecule has 8 nitrogen and oxygen atoms in total. The molecule has 0 radical (unpaired) electrons. The molecule has 8 heteroatoms. The predicted octanol–water partition coefficient (Wildman–Crippen LogP) is -0.622. The average Bonchev–Trinajstić information content (AvgIpc) is 2.42. The van der Waals surface area contributed by atoms with Crippen LogP contribution in [0.4, 0.5) is 4.79 Å². The van der Waals surface area contributed by atoms with Crippen LogP contribution in [-0.4, -0.2) is 64.8 Å². The van der Waals surface area contributed by atoms with E-state index in [1.807, 2.05) is 0 Å². The highest BCUT2D eigenvalue weighted by atomic mass is 16.4. The lowest BCUT2D eigenvalue weighted by molar-refractivity contribution is -0.141. The molecule has 21 heavy (non-hydrogen) atoms. The van der Waals surface area contributed by atoms with Crippen molar-refractivity contribution in [3.8, 4) is 0 Å². The first-order valence-corrected chi connectivity index (χ1v) is 7.02. The summed E-state index contributed by atoms with van der Waals surface area (Å²) in [5, 5.41) is 23.3. The normalized spacial score (nSPS) is 18.7. The van der Waals surface area contributed by atoms with E-state index in [-0.39, 0.29) is 5.91 Å². The first kappa shape index (κ1) is 17.2. The molecule has 1 aliphatic heterocycles. The third-order valence-corrected chi connectivity index (χ3v) is 3.57. The SMILES string of the molecule is CC(=O)NCC1CCN(C(=O)N[C@H](C(=O)O)[C@@H](C)O)CC1. The zero-order valence-corrected chi connectivity index (χ0v) is 12.3. The van der Waals surface area contributed by atoms with Crippen LogP contribution in [0.1, 0.15) is 26.7 Å². The number of hydrogen-bond donors (Lipinski definition) is 4. The molecule has 0 spiro atoms. The smallest absolute Gasteiger partial charge is 0.328 e. The van der Waals surface area contributed by atoms with Crippen LogP contribution < -0.4 is 10.6 Å². The van der Waals surface area contributed by atoms with Gasteiger partial charge in [0.05, 0.1) is 6.10 Å². The molecule has 0 aromatic carbocycles. The van der Waals surface area contributed by atoms with Gasteiger partial charge in [-0.05, 0) is 25.7 Å². The fourth-order valence-electron chi connectivity index (χ4n) is 2.24. The zero-order chi connectivity index (χ0) is 16.0. The maximum absolute atomic E-state index is 12.0. The van der Waals surface area contributed by atoms with Gasteiger partial charge < -0.3 is 25.7 Å². The van der Waals surface area contributed by atoms with Gasteiger partial charge >= 0.3 is 12.0 Å². The van der Waals surface area contributed by atoms with Crippen molar-refractivity contribution in [1.82, 2.24) is 15.5 Å². The summed E-state index contributed by atoms with van der Waals surface area (Å²) in [4.78, 5) is 35.3. The van der Waals surface area contributed by atoms with Gasteiger partial charge in [0, 0.05) is 26.6 Å². The number of carboxylic acid groups (broad SMARTS) is 1. The number of urea groups is 1. The van der Waals surface area contributed by atoms with Crippen LogP contribution in [0.15, 0.2) is 0 Å². The minimum atomic E-state index is -1.31. The molecular weight excluding hydrogens is 278 g/mol. The van der Waals surface area contributed by atoms with Crippen LogP contribution in [0.3, 0.4) is 0 Å². The molecule has 4 N–H and O–H groups in total. The summed E-state index contributed by atoms with van der Waals surface area (Å²) in [5.74, 6) is -1.01. The van der Waals surface area contributed by atoms with Gasteiger partial charge in [0.2, 0.25) is 5.91 Å². The minimum Gasteiger partial charge on any atom is -0.480 e. The summed E-state index contributed by atoms with van der Waals surface area (Å²) in [6, 6.07) is -1.80. The Morgan fingerprint density at radius 3 is 2.29 bits per heavy atom. The maximum Gasteiger partial charge on any atom is 0.328 e. The molecular formula is C13H23N3O5. The molecule has 1 rings (SSSR count). The molecule has 2 atom stereocenters. The van der Waals surface area contributed by atoms with E-state index in [1.54, 1.807) is 0 Å². The van der Waals surface area contributed by atoms with Crippen molar-refractivity contribution in [3.63, 3.8) is 0 Å². The van der Waals surface area contributed by atoms with Gasteiger partial charge in [-0.2, -0.15) is 0 Å². The molecule has 0 bridgehead atoms. The van der Waals surface area contributed by atoms with Crippen molar-refractivity contribution < 1.29 is 24.6 Å². The Labute approximate surface area is 123 Å². The van der Waals surface area contributed by atoms with Gasteiger partial charge in [0.25, 0.3) is 0 Å². The minimum absolute atomic E-state index is 0.0728. The van der Waals surface area contributed by atoms with Crippen molar-refractivity contribution in [3.05, 3.63) is 0 Å². The molecule has 0 aliphatic carbocycles. The van der Waals surface area contributed by atoms with E-state index in [0.29, 0.717) is 25.6 Å². The molecule has 1 fully saturated rings. The van der Waals surface area contributed by atoms with Crippen molar-refractivity contribution in [2.45, 2.75) is 38.8 Å². The van der Waals surface area contributed by atoms with Crippen LogP contribution in [0.25, 0.3) is 0 Å². The van der Waals surface area contributed by atoms with Gasteiger partial charge in [0.15, 0.2) is 6.04 Å². The summed E-state index contributed by atoms with van der Waals surface area (Å²) < 4.78 is 0. The Morgan fingerprint density at radius 1 is 1.29 bits per heavy atom. The van der Waals surface area contributed by atoms with E-state index < -0.39 is 24.1 Å². The number of aliphatic carboxylic acids is 1. The number of nitrogens with one attached hydrogen (secondary N) is 2. The van der Waals surface area contributed by atoms with Crippen LogP contribution >= 0.6 is 0 Å². The highest BCUT2D eigenvalue weighted by Gasteiger charge is 2.29. The molecule has 1 aliphatic rings. The van der Waals surface area contributed by atoms with Crippen molar-refractivity contribution in [2.24, 2.45) is 5.92 Å². The van der Waals surface area contributed by atoms with E-state index in [2.05, 4.69) is 10.6 Å². The Kier molecular flexibility index (Phi) is 6.41. The fraction of sp³-hybridized carbons (Fsp3) is 0.769. The summed E-state index contributed by atoms with van der Waals surface area (Å²) in [5.41, 5.74) is 0. The number of rotatable bonds is 5. The standard InChI is InChI=1S/C13H23N3O5/c1-8(17)11(12(19)20)15-13(21)16-5-3-10(4-6-16)7-14-9(2)18/h8,10-11,17H,3-7H2,1-2H3,(H,14,18)(H,15,21)(H,19,20)/t8-,11+/m1/s1. The first-order chi connectivity index (χ1) is 9.81. The van der Waals surface area contributed by atoms with Crippen LogP contribution in [-0.2, 0) is 9.59 Å². The van der Waals surface area contributed by atoms with Crippen molar-refractivity contribution in [2.75, 3.05) is 19.6 Å². The van der Waals surface area contributed by atoms with Gasteiger partial charge in [-0.15, -0.1) is 0 Å². The topological polar surface area (TPSA) is 119 Å². The molecule has 1 heterocycles.